The molecule has 3 saturated carbocycles. The number of aliphatic hydroxyl groups excluding tert-OH is 3. The first-order chi connectivity index (χ1) is 61.3. The minimum absolute atomic E-state index is 0. The number of aromatic amines is 4. The summed E-state index contributed by atoms with van der Waals surface area (Å²) in [5.74, 6) is -4.54. The van der Waals surface area contributed by atoms with Gasteiger partial charge in [-0.3, -0.25) is 85.7 Å². The topological polar surface area (TPSA) is 717 Å². The number of hydrogen-bond acceptors (Lipinski definition) is 36. The number of hydrogen-bond donors (Lipinski definition) is 14. The maximum Gasteiger partial charge on any atom is 0.488 e. The Morgan fingerprint density at radius 2 is 0.818 bits per heavy atom. The second-order valence-corrected chi connectivity index (χ2v) is 38.6. The molecule has 22 atom stereocenters. The number of allylic oxidation sites excluding steroid dienone is 6. The van der Waals surface area contributed by atoms with E-state index in [-0.39, 0.29) is 86.2 Å². The van der Waals surface area contributed by atoms with E-state index >= 15 is 0 Å². The molecule has 10 unspecified atom stereocenters. The Morgan fingerprint density at radius 3 is 1.12 bits per heavy atom. The number of nitrogens with zero attached hydrogens (tertiary/aromatic N) is 4. The van der Waals surface area contributed by atoms with Gasteiger partial charge in [0.25, 0.3) is 22.2 Å². The van der Waals surface area contributed by atoms with Gasteiger partial charge in [0, 0.05) is 96.5 Å². The van der Waals surface area contributed by atoms with Gasteiger partial charge in [0.1, 0.15) is 67.6 Å². The van der Waals surface area contributed by atoms with E-state index in [4.69, 9.17) is 82.0 Å². The molecule has 4 aromatic rings. The molecule has 7 fully saturated rings. The largest absolute Gasteiger partial charge is 0.488 e. The van der Waals surface area contributed by atoms with E-state index in [1.807, 2.05) is 6.08 Å². The molecule has 0 radical (unpaired) electrons. The third-order valence-electron chi connectivity index (χ3n) is 19.7. The van der Waals surface area contributed by atoms with Gasteiger partial charge < -0.3 is 106 Å². The summed E-state index contributed by atoms with van der Waals surface area (Å²) in [5, 5.41) is 35.5. The maximum absolute atomic E-state index is 12.2. The highest BCUT2D eigenvalue weighted by Gasteiger charge is 2.59. The minimum atomic E-state index is -5.60. The van der Waals surface area contributed by atoms with E-state index in [9.17, 15) is 101 Å². The summed E-state index contributed by atoms with van der Waals surface area (Å²) in [6.07, 6.45) is 26.0. The molecular formula is C83H130N8O42P4. The van der Waals surface area contributed by atoms with Crippen molar-refractivity contribution >= 4 is 60.7 Å². The van der Waals surface area contributed by atoms with Crippen molar-refractivity contribution in [3.63, 3.8) is 0 Å². The second-order valence-electron chi connectivity index (χ2n) is 32.2. The van der Waals surface area contributed by atoms with Crippen molar-refractivity contribution in [3.05, 3.63) is 205 Å². The van der Waals surface area contributed by atoms with Crippen LogP contribution in [0, 0.1) is 5.92 Å². The van der Waals surface area contributed by atoms with Crippen LogP contribution in [0.1, 0.15) is 196 Å². The third-order valence-corrected chi connectivity index (χ3v) is 24.2. The monoisotopic (exact) mass is 2030 g/mol. The molecule has 54 heteroatoms. The van der Waals surface area contributed by atoms with Crippen LogP contribution in [-0.2, 0) is 113 Å². The number of esters is 4. The molecule has 50 nitrogen and oxygen atoms in total. The van der Waals surface area contributed by atoms with E-state index in [1.54, 1.807) is 65.8 Å². The molecule has 0 amide bonds. The Balaban J connectivity index is 0.000000542. The van der Waals surface area contributed by atoms with E-state index in [0.717, 1.165) is 32.3 Å². The molecule has 8 aliphatic carbocycles. The lowest BCUT2D eigenvalue weighted by molar-refractivity contribution is -0.231. The number of ether oxygens (including phenoxy) is 12. The molecule has 0 aromatic carbocycles. The van der Waals surface area contributed by atoms with Crippen LogP contribution in [0.5, 0.6) is 0 Å². The Labute approximate surface area is 786 Å². The van der Waals surface area contributed by atoms with Crippen LogP contribution < -0.4 is 45.0 Å². The highest BCUT2D eigenvalue weighted by molar-refractivity contribution is 7.68. The summed E-state index contributed by atoms with van der Waals surface area (Å²) in [4.78, 5) is 208. The number of carbonyl (C=O) groups is 5. The molecule has 14 N–H and O–H groups in total. The average Bonchev–Trinajstić information content (AvgIpc) is 1.61. The number of aromatic nitrogens is 8. The number of rotatable bonds is 16. The molecule has 12 aliphatic rings. The Hall–Kier alpha value is -9.21. The van der Waals surface area contributed by atoms with Gasteiger partial charge in [-0.2, -0.15) is 9.57 Å². The number of aliphatic hydroxyl groups is 3. The van der Waals surface area contributed by atoms with Crippen molar-refractivity contribution in [2.45, 2.75) is 305 Å². The number of phosphoric acid groups is 2. The van der Waals surface area contributed by atoms with Crippen LogP contribution in [0.3, 0.4) is 0 Å². The zero-order valence-corrected chi connectivity index (χ0v) is 76.9. The van der Waals surface area contributed by atoms with Crippen molar-refractivity contribution in [3.8, 4) is 0 Å². The lowest BCUT2D eigenvalue weighted by atomic mass is 10.1. The standard InChI is InChI=1S/C13H21N2O14P3.C13H19N2O8P.C12H16N2O5.C9H10N2O3.C8H12O2.C7H10O3.C5H6O.C5H6.C4H6O3.C2H4O3.5CH4/c1-13(2)26-10-7(15-4-3-9(16)14-12(15)17)5-8(11(10)27-13)25-6-30(18,19)28-32(23,24)29-31(20,21)22;1-13(2)22-10-7(15-4-3-9(16)14-12(15)17)5-8(11(10)23-13)21-6-24(18,19)20;1-12(2)18-9-6(5-7(15)10(9)19-12)14-4-3-8(16)13-11(14)17;12-7-2-1-6(5-7)11-4-3-8(13)10-9(11)14;1-6-3-4-8(5-6)10-7(2)9;1-5(8)10-7-3-2-6(9)4-7;1-2-4-5(3-1)6-4;1-2-4-5-3-1;1-3(5)7-4(2)6;1-2(3)5-4;;;;;/h3-4,7-8,10-11H,5-6H2,1-2H3,(H,18,19)(H,23,24)(H,14,16,17)(H2,20,21,22);3-4,7-8,10-11H,5-6H2,1-2H3,(H,14,16,17)(H2,18,19,20);3-4,6-7,9-10,15H,5H2,1-2H3,(H,13,16,17);1-4,6-7,12H,5H2,(H,10,13,14);3-4,6,8H,5H2,1-2H3;2-3,6-7,9H,4H2,1H3;1-2,4-5H,3H2;1-4H,5H2;1-2H3;4H,1H3;5*1H4/t2*7-,8+,10?,11?;6-,7+,9?,10?;6-,7+;6-,8+;6-,7+;;;;;;;;;/m111011........./s1. The molecular weight excluding hydrogens is 1900 g/mol. The van der Waals surface area contributed by atoms with E-state index < -0.39 is 203 Å². The highest BCUT2D eigenvalue weighted by atomic mass is 31.3. The molecule has 4 aromatic heterocycles. The Morgan fingerprint density at radius 1 is 0.445 bits per heavy atom. The van der Waals surface area contributed by atoms with Gasteiger partial charge in [-0.1, -0.05) is 105 Å². The van der Waals surface area contributed by atoms with Crippen LogP contribution in [-0.4, -0.2) is 240 Å². The van der Waals surface area contributed by atoms with E-state index in [2.05, 4.69) is 87.6 Å². The Kier molecular flexibility index (Phi) is 48.8. The van der Waals surface area contributed by atoms with Crippen molar-refractivity contribution < 1.29 is 163 Å². The normalized spacial score (nSPS) is 28.4. The first-order valence-electron chi connectivity index (χ1n) is 40.6. The maximum atomic E-state index is 12.2. The SMILES string of the molecule is C.C.C.C.C.C1=CC2OC2C1.C1=CCC=C1.CC(=O)OC(C)=O.CC(=O)OO.CC(=O)O[C@H]1C=C[C@@H](C)C1.CC(=O)O[C@H]1C=C[C@@H](O)C1.CC1(C)OC2C(O1)[C@@H](O)C[C@H]2n1ccc(=O)[nH]c1=O.CC1(C)OC2C(O1)[C@H](n1ccc(=O)[nH]c1=O)C[C@@H]2OCP(=O)(O)O.CC1(C)OC2C(O1)[C@H](n1ccc(=O)[nH]c1=O)C[C@@H]2OCP(=O)(O)OP(=O)(O)OP(=O)(O)O.O=c1ccn([C@H]2C=C[C@@H](O)C2)c(=O)[nH]1. The first kappa shape index (κ1) is 124. The highest BCUT2D eigenvalue weighted by Crippen LogP contribution is 2.66. The quantitative estimate of drug-likeness (QED) is 0.00988. The van der Waals surface area contributed by atoms with Crippen molar-refractivity contribution in [2.75, 3.05) is 12.7 Å². The second kappa shape index (κ2) is 54.0. The van der Waals surface area contributed by atoms with Gasteiger partial charge in [-0.05, 0) is 98.1 Å². The van der Waals surface area contributed by atoms with Crippen LogP contribution in [0.15, 0.2) is 160 Å². The smallest absolute Gasteiger partial charge is 0.458 e. The van der Waals surface area contributed by atoms with Crippen molar-refractivity contribution in [1.29, 1.82) is 0 Å². The fourth-order valence-corrected chi connectivity index (χ4v) is 18.5. The van der Waals surface area contributed by atoms with Gasteiger partial charge in [-0.25, -0.2) is 37.4 Å². The van der Waals surface area contributed by atoms with Crippen molar-refractivity contribution in [2.24, 2.45) is 5.92 Å². The fraction of sp³-hybridized carbons (Fsp3) is 0.602. The van der Waals surface area contributed by atoms with Gasteiger partial charge in [0.15, 0.2) is 17.4 Å². The van der Waals surface area contributed by atoms with Crippen LogP contribution in [0.4, 0.5) is 0 Å². The summed E-state index contributed by atoms with van der Waals surface area (Å²) >= 11 is 0. The van der Waals surface area contributed by atoms with Crippen LogP contribution in [0.2, 0.25) is 0 Å². The Bertz CT molecular complexity index is 5500. The number of carbonyl (C=O) groups excluding carboxylic acids is 5. The molecule has 8 heterocycles. The molecule has 0 bridgehead atoms. The number of nitrogens with one attached hydrogen (secondary N) is 4. The van der Waals surface area contributed by atoms with Gasteiger partial charge in [0.2, 0.25) is 0 Å². The van der Waals surface area contributed by atoms with Crippen LogP contribution >= 0.6 is 30.8 Å². The van der Waals surface area contributed by atoms with Gasteiger partial charge in [0.05, 0.1) is 60.8 Å². The summed E-state index contributed by atoms with van der Waals surface area (Å²) < 4.78 is 122. The lowest BCUT2D eigenvalue weighted by Gasteiger charge is -2.24. The predicted octanol–water partition coefficient (Wildman–Crippen LogP) is 5.31. The summed E-state index contributed by atoms with van der Waals surface area (Å²) in [6, 6.07) is 3.24. The fourth-order valence-electron chi connectivity index (χ4n) is 14.8. The summed E-state index contributed by atoms with van der Waals surface area (Å²) in [7, 11) is -20.5. The number of H-pyrrole nitrogens is 4. The molecule has 4 saturated heterocycles. The third kappa shape index (κ3) is 41.2. The molecule has 4 aliphatic heterocycles. The summed E-state index contributed by atoms with van der Waals surface area (Å²) in [6.45, 7) is 18.5. The average molecular weight is 2040 g/mol. The first-order valence-corrected chi connectivity index (χ1v) is 47.2. The zero-order chi connectivity index (χ0) is 98.5. The zero-order valence-electron chi connectivity index (χ0n) is 73.3. The predicted molar refractivity (Wildman–Crippen MR) is 488 cm³/mol. The number of fused-ring (bicyclic) bond motifs is 4. The van der Waals surface area contributed by atoms with Gasteiger partial charge in [-0.15, -0.1) is 0 Å². The lowest BCUT2D eigenvalue weighted by Crippen LogP contribution is -2.36. The molecule has 0 spiro atoms. The molecule has 137 heavy (non-hydrogen) atoms. The van der Waals surface area contributed by atoms with E-state index in [0.29, 0.717) is 37.4 Å². The molecule has 774 valence electrons. The van der Waals surface area contributed by atoms with Gasteiger partial charge >= 0.3 is 83.4 Å². The summed E-state index contributed by atoms with van der Waals surface area (Å²) in [5.41, 5.74) is -4.22. The molecule has 16 rings (SSSR count). The van der Waals surface area contributed by atoms with Crippen molar-refractivity contribution in [1.82, 2.24) is 38.2 Å². The van der Waals surface area contributed by atoms with Crippen LogP contribution in [0.25, 0.3) is 0 Å². The van der Waals surface area contributed by atoms with E-state index in [1.165, 1.54) is 88.9 Å². The number of epoxide rings is 1. The minimum Gasteiger partial charge on any atom is -0.458 e.